The van der Waals surface area contributed by atoms with Gasteiger partial charge in [-0.1, -0.05) is 0 Å². The third-order valence-electron chi connectivity index (χ3n) is 2.56. The van der Waals surface area contributed by atoms with Crippen molar-refractivity contribution in [1.82, 2.24) is 9.47 Å². The molecular weight excluding hydrogens is 232 g/mol. The summed E-state index contributed by atoms with van der Waals surface area (Å²) in [4.78, 5) is 13.7. The highest BCUT2D eigenvalue weighted by molar-refractivity contribution is 5.92. The van der Waals surface area contributed by atoms with Crippen molar-refractivity contribution in [3.63, 3.8) is 0 Å². The van der Waals surface area contributed by atoms with Gasteiger partial charge in [-0.2, -0.15) is 0 Å². The fourth-order valence-electron chi connectivity index (χ4n) is 1.84. The van der Waals surface area contributed by atoms with Gasteiger partial charge in [-0.15, -0.1) is 0 Å². The van der Waals surface area contributed by atoms with E-state index >= 15 is 0 Å². The van der Waals surface area contributed by atoms with Crippen molar-refractivity contribution in [2.45, 2.75) is 26.0 Å². The molecule has 0 bridgehead atoms. The van der Waals surface area contributed by atoms with Gasteiger partial charge in [0.15, 0.2) is 0 Å². The van der Waals surface area contributed by atoms with Crippen LogP contribution in [-0.2, 0) is 11.3 Å². The van der Waals surface area contributed by atoms with Crippen molar-refractivity contribution in [2.24, 2.45) is 0 Å². The number of nitrogens with zero attached hydrogens (tertiary/aromatic N) is 2. The molecule has 1 rings (SSSR count). The summed E-state index contributed by atoms with van der Waals surface area (Å²) >= 11 is 0. The molecule has 5 nitrogen and oxygen atoms in total. The Labute approximate surface area is 108 Å². The third kappa shape index (κ3) is 4.16. The molecule has 1 aromatic heterocycles. The molecule has 0 aliphatic heterocycles. The Kier molecular flexibility index (Phi) is 4.93. The maximum Gasteiger partial charge on any atom is 0.270 e. The van der Waals surface area contributed by atoms with Crippen LogP contribution in [0.15, 0.2) is 18.3 Å². The number of carbonyl (C=O) groups is 1. The first-order chi connectivity index (χ1) is 8.35. The fraction of sp³-hybridized carbons (Fsp3) is 0.615. The molecule has 0 spiro atoms. The minimum Gasteiger partial charge on any atom is -0.389 e. The van der Waals surface area contributed by atoms with Gasteiger partial charge >= 0.3 is 0 Å². The van der Waals surface area contributed by atoms with Crippen molar-refractivity contribution in [1.29, 1.82) is 0 Å². The number of aromatic nitrogens is 1. The molecule has 18 heavy (non-hydrogen) atoms. The van der Waals surface area contributed by atoms with Gasteiger partial charge in [0, 0.05) is 33.4 Å². The van der Waals surface area contributed by atoms with E-state index in [9.17, 15) is 9.90 Å². The van der Waals surface area contributed by atoms with Gasteiger partial charge in [-0.3, -0.25) is 4.79 Å². The number of likely N-dealkylation sites (N-methyl/N-ethyl adjacent to an activating group) is 1. The van der Waals surface area contributed by atoms with Gasteiger partial charge in [0.25, 0.3) is 5.91 Å². The minimum absolute atomic E-state index is 0.0989. The summed E-state index contributed by atoms with van der Waals surface area (Å²) in [5.41, 5.74) is -0.284. The average Bonchev–Trinajstić information content (AvgIpc) is 2.70. The minimum atomic E-state index is -0.894. The van der Waals surface area contributed by atoms with Gasteiger partial charge in [0.1, 0.15) is 5.69 Å². The first-order valence-corrected chi connectivity index (χ1v) is 5.97. The van der Waals surface area contributed by atoms with Gasteiger partial charge < -0.3 is 19.3 Å². The molecule has 1 heterocycles. The zero-order chi connectivity index (χ0) is 13.8. The zero-order valence-corrected chi connectivity index (χ0v) is 11.5. The Morgan fingerprint density at radius 2 is 2.22 bits per heavy atom. The molecule has 0 aliphatic rings. The SMILES string of the molecule is COCCn1cccc1C(=O)N(C)CC(C)(C)O. The lowest BCUT2D eigenvalue weighted by atomic mass is 10.1. The van der Waals surface area contributed by atoms with Crippen LogP contribution in [0, 0.1) is 0 Å². The summed E-state index contributed by atoms with van der Waals surface area (Å²) < 4.78 is 6.86. The standard InChI is InChI=1S/C13H22N2O3/c1-13(2,17)10-14(3)12(16)11-6-5-7-15(11)8-9-18-4/h5-7,17H,8-10H2,1-4H3. The Hall–Kier alpha value is -1.33. The molecule has 1 N–H and O–H groups in total. The van der Waals surface area contributed by atoms with E-state index in [1.54, 1.807) is 34.1 Å². The smallest absolute Gasteiger partial charge is 0.270 e. The Balaban J connectivity index is 2.74. The van der Waals surface area contributed by atoms with E-state index in [1.807, 2.05) is 16.8 Å². The highest BCUT2D eigenvalue weighted by Crippen LogP contribution is 2.09. The summed E-state index contributed by atoms with van der Waals surface area (Å²) in [6.45, 7) is 4.86. The lowest BCUT2D eigenvalue weighted by Crippen LogP contribution is -2.40. The third-order valence-corrected chi connectivity index (χ3v) is 2.56. The molecule has 1 amide bonds. The van der Waals surface area contributed by atoms with Crippen LogP contribution >= 0.6 is 0 Å². The summed E-state index contributed by atoms with van der Waals surface area (Å²) in [6, 6.07) is 3.61. The summed E-state index contributed by atoms with van der Waals surface area (Å²) in [5.74, 6) is -0.0989. The number of methoxy groups -OCH3 is 1. The molecule has 0 atom stereocenters. The van der Waals surface area contributed by atoms with Gasteiger partial charge in [-0.25, -0.2) is 0 Å². The van der Waals surface area contributed by atoms with Crippen LogP contribution in [0.2, 0.25) is 0 Å². The molecule has 0 aliphatic carbocycles. The second-order valence-corrected chi connectivity index (χ2v) is 5.05. The van der Waals surface area contributed by atoms with E-state index < -0.39 is 5.60 Å². The lowest BCUT2D eigenvalue weighted by Gasteiger charge is -2.26. The van der Waals surface area contributed by atoms with E-state index in [-0.39, 0.29) is 5.91 Å². The monoisotopic (exact) mass is 254 g/mol. The number of hydrogen-bond donors (Lipinski definition) is 1. The molecular formula is C13H22N2O3. The second-order valence-electron chi connectivity index (χ2n) is 5.05. The number of rotatable bonds is 6. The molecule has 5 heteroatoms. The summed E-state index contributed by atoms with van der Waals surface area (Å²) in [6.07, 6.45) is 1.85. The topological polar surface area (TPSA) is 54.7 Å². The molecule has 0 aromatic carbocycles. The quantitative estimate of drug-likeness (QED) is 0.823. The van der Waals surface area contributed by atoms with Gasteiger partial charge in [0.05, 0.1) is 12.2 Å². The number of amides is 1. The lowest BCUT2D eigenvalue weighted by molar-refractivity contribution is 0.0361. The molecule has 0 saturated carbocycles. The van der Waals surface area contributed by atoms with E-state index in [0.29, 0.717) is 25.4 Å². The predicted octanol–water partition coefficient (Wildman–Crippen LogP) is 0.977. The molecule has 102 valence electrons. The first kappa shape index (κ1) is 14.7. The van der Waals surface area contributed by atoms with Crippen LogP contribution in [0.5, 0.6) is 0 Å². The zero-order valence-electron chi connectivity index (χ0n) is 11.5. The maximum atomic E-state index is 12.2. The van der Waals surface area contributed by atoms with E-state index in [0.717, 1.165) is 0 Å². The van der Waals surface area contributed by atoms with Crippen LogP contribution < -0.4 is 0 Å². The first-order valence-electron chi connectivity index (χ1n) is 5.97. The Morgan fingerprint density at radius 1 is 1.56 bits per heavy atom. The van der Waals surface area contributed by atoms with Gasteiger partial charge in [0.2, 0.25) is 0 Å². The number of hydrogen-bond acceptors (Lipinski definition) is 3. The van der Waals surface area contributed by atoms with Crippen LogP contribution in [-0.4, -0.2) is 53.4 Å². The Morgan fingerprint density at radius 3 is 2.78 bits per heavy atom. The van der Waals surface area contributed by atoms with Crippen molar-refractivity contribution in [3.05, 3.63) is 24.0 Å². The molecule has 1 aromatic rings. The second kappa shape index (κ2) is 6.02. The molecule has 0 unspecified atom stereocenters. The highest BCUT2D eigenvalue weighted by Gasteiger charge is 2.21. The van der Waals surface area contributed by atoms with Crippen molar-refractivity contribution in [2.75, 3.05) is 27.3 Å². The normalized spacial score (nSPS) is 11.6. The molecule has 0 saturated heterocycles. The van der Waals surface area contributed by atoms with E-state index in [4.69, 9.17) is 4.74 Å². The van der Waals surface area contributed by atoms with Gasteiger partial charge in [-0.05, 0) is 26.0 Å². The average molecular weight is 254 g/mol. The number of aliphatic hydroxyl groups is 1. The largest absolute Gasteiger partial charge is 0.389 e. The maximum absolute atomic E-state index is 12.2. The predicted molar refractivity (Wildman–Crippen MR) is 69.6 cm³/mol. The molecule has 0 fully saturated rings. The number of carbonyl (C=O) groups excluding carboxylic acids is 1. The van der Waals surface area contributed by atoms with Crippen LogP contribution in [0.1, 0.15) is 24.3 Å². The van der Waals surface area contributed by atoms with E-state index in [1.165, 1.54) is 4.90 Å². The number of ether oxygens (including phenoxy) is 1. The summed E-state index contributed by atoms with van der Waals surface area (Å²) in [7, 11) is 3.32. The van der Waals surface area contributed by atoms with Crippen molar-refractivity contribution >= 4 is 5.91 Å². The Bertz CT molecular complexity index is 393. The van der Waals surface area contributed by atoms with E-state index in [2.05, 4.69) is 0 Å². The summed E-state index contributed by atoms with van der Waals surface area (Å²) in [5, 5.41) is 9.72. The van der Waals surface area contributed by atoms with Crippen molar-refractivity contribution < 1.29 is 14.6 Å². The molecule has 0 radical (unpaired) electrons. The van der Waals surface area contributed by atoms with Crippen molar-refractivity contribution in [3.8, 4) is 0 Å². The van der Waals surface area contributed by atoms with Crippen LogP contribution in [0.4, 0.5) is 0 Å². The highest BCUT2D eigenvalue weighted by atomic mass is 16.5. The van der Waals surface area contributed by atoms with Crippen LogP contribution in [0.3, 0.4) is 0 Å². The van der Waals surface area contributed by atoms with Crippen LogP contribution in [0.25, 0.3) is 0 Å². The fourth-order valence-corrected chi connectivity index (χ4v) is 1.84.